The fourth-order valence-corrected chi connectivity index (χ4v) is 3.18. The monoisotopic (exact) mass is 470 g/mol. The van der Waals surface area contributed by atoms with Crippen LogP contribution in [-0.4, -0.2) is 47.3 Å². The first-order chi connectivity index (χ1) is 15.5. The number of benzene rings is 2. The largest absolute Gasteiger partial charge is 0.490 e. The molecule has 0 radical (unpaired) electrons. The van der Waals surface area contributed by atoms with E-state index >= 15 is 0 Å². The van der Waals surface area contributed by atoms with Crippen molar-refractivity contribution in [1.82, 2.24) is 0 Å². The highest BCUT2D eigenvalue weighted by molar-refractivity contribution is 6.05. The highest BCUT2D eigenvalue weighted by Gasteiger charge is 2.38. The lowest BCUT2D eigenvalue weighted by atomic mass is 10.1. The number of nitrogens with zero attached hydrogens (tertiary/aromatic N) is 1. The lowest BCUT2D eigenvalue weighted by Crippen LogP contribution is -2.26. The van der Waals surface area contributed by atoms with Crippen LogP contribution in [0.15, 0.2) is 42.5 Å². The second-order valence-electron chi connectivity index (χ2n) is 7.20. The Morgan fingerprint density at radius 1 is 0.879 bits per heavy atom. The van der Waals surface area contributed by atoms with Crippen LogP contribution < -0.4 is 10.2 Å². The molecule has 0 unspecified atom stereocenters. The number of aliphatic carboxylic acids is 1. The third kappa shape index (κ3) is 7.78. The molecule has 1 fully saturated rings. The molecule has 11 heteroatoms. The fraction of sp³-hybridized carbons (Fsp3) is 0.318. The van der Waals surface area contributed by atoms with Gasteiger partial charge in [0.05, 0.1) is 11.3 Å². The molecule has 1 amide bonds. The maximum Gasteiger partial charge on any atom is 0.490 e. The summed E-state index contributed by atoms with van der Waals surface area (Å²) in [6.07, 6.45) is -0.681. The number of nitrogens with one attached hydrogen (secondary N) is 1. The van der Waals surface area contributed by atoms with E-state index in [1.165, 1.54) is 30.3 Å². The number of carbonyl (C=O) groups is 3. The van der Waals surface area contributed by atoms with Crippen LogP contribution >= 0.6 is 0 Å². The van der Waals surface area contributed by atoms with Crippen molar-refractivity contribution >= 4 is 29.2 Å². The van der Waals surface area contributed by atoms with Gasteiger partial charge in [-0.1, -0.05) is 12.8 Å². The first kappa shape index (κ1) is 25.6. The van der Waals surface area contributed by atoms with Crippen molar-refractivity contribution in [3.05, 3.63) is 59.4 Å². The molecule has 1 saturated heterocycles. The van der Waals surface area contributed by atoms with Gasteiger partial charge in [0, 0.05) is 24.3 Å². The molecular weight excluding hydrogens is 448 g/mol. The van der Waals surface area contributed by atoms with Gasteiger partial charge in [-0.2, -0.15) is 13.2 Å². The molecule has 0 spiro atoms. The van der Waals surface area contributed by atoms with E-state index in [0.717, 1.165) is 38.8 Å². The van der Waals surface area contributed by atoms with E-state index in [0.29, 0.717) is 16.9 Å². The second-order valence-corrected chi connectivity index (χ2v) is 7.20. The fourth-order valence-electron chi connectivity index (χ4n) is 3.18. The zero-order valence-electron chi connectivity index (χ0n) is 17.4. The van der Waals surface area contributed by atoms with Gasteiger partial charge in [0.25, 0.3) is 5.91 Å². The van der Waals surface area contributed by atoms with Gasteiger partial charge in [0.15, 0.2) is 0 Å². The highest BCUT2D eigenvalue weighted by Crippen LogP contribution is 2.27. The number of hydrogen-bond donors (Lipinski definition) is 3. The summed E-state index contributed by atoms with van der Waals surface area (Å²) in [6.45, 7) is 1.67. The third-order valence-electron chi connectivity index (χ3n) is 4.78. The number of carbonyl (C=O) groups excluding carboxylic acids is 1. The van der Waals surface area contributed by atoms with E-state index in [4.69, 9.17) is 9.90 Å². The third-order valence-corrected chi connectivity index (χ3v) is 4.78. The zero-order valence-corrected chi connectivity index (χ0v) is 17.4. The van der Waals surface area contributed by atoms with E-state index in [2.05, 4.69) is 10.2 Å². The van der Waals surface area contributed by atoms with Crippen LogP contribution in [0.2, 0.25) is 0 Å². The van der Waals surface area contributed by atoms with Gasteiger partial charge >= 0.3 is 18.1 Å². The predicted octanol–water partition coefficient (Wildman–Crippen LogP) is 4.79. The zero-order chi connectivity index (χ0) is 24.6. The molecule has 0 atom stereocenters. The Hall–Kier alpha value is -3.63. The summed E-state index contributed by atoms with van der Waals surface area (Å²) >= 11 is 0. The van der Waals surface area contributed by atoms with E-state index in [1.807, 2.05) is 0 Å². The van der Waals surface area contributed by atoms with E-state index in [9.17, 15) is 32.3 Å². The summed E-state index contributed by atoms with van der Waals surface area (Å²) < 4.78 is 44.7. The topological polar surface area (TPSA) is 107 Å². The summed E-state index contributed by atoms with van der Waals surface area (Å²) in [4.78, 5) is 35.0. The normalized spacial score (nSPS) is 13.9. The van der Waals surface area contributed by atoms with Crippen LogP contribution in [0.1, 0.15) is 46.4 Å². The molecule has 0 saturated carbocycles. The molecule has 33 heavy (non-hydrogen) atoms. The van der Waals surface area contributed by atoms with E-state index in [-0.39, 0.29) is 5.56 Å². The maximum atomic E-state index is 13.0. The minimum Gasteiger partial charge on any atom is -0.478 e. The van der Waals surface area contributed by atoms with Gasteiger partial charge < -0.3 is 20.4 Å². The van der Waals surface area contributed by atoms with Crippen LogP contribution in [-0.2, 0) is 4.79 Å². The van der Waals surface area contributed by atoms with Crippen LogP contribution in [0.25, 0.3) is 0 Å². The molecule has 1 aliphatic heterocycles. The smallest absolute Gasteiger partial charge is 0.478 e. The standard InChI is InChI=1S/C20H21FN2O3.C2HF3O2/c21-15-7-5-14(6-8-15)19(24)22-16-9-10-18(17(13-16)20(25)26)23-11-3-1-2-4-12-23;3-2(4,5)1(6)7/h5-10,13H,1-4,11-12H2,(H,22,24)(H,25,26);(H,6,7). The molecule has 7 nitrogen and oxygen atoms in total. The van der Waals surface area contributed by atoms with E-state index in [1.54, 1.807) is 12.1 Å². The molecular formula is C22H22F4N2O5. The molecule has 1 aliphatic rings. The Labute approximate surface area is 186 Å². The lowest BCUT2D eigenvalue weighted by Gasteiger charge is -2.24. The highest BCUT2D eigenvalue weighted by atomic mass is 19.4. The number of anilines is 2. The number of amides is 1. The molecule has 2 aromatic carbocycles. The summed E-state index contributed by atoms with van der Waals surface area (Å²) in [5.74, 6) is -4.62. The molecule has 178 valence electrons. The molecule has 0 aliphatic carbocycles. The summed E-state index contributed by atoms with van der Waals surface area (Å²) in [6, 6.07) is 10.1. The van der Waals surface area contributed by atoms with Crippen LogP contribution in [0.3, 0.4) is 0 Å². The Balaban J connectivity index is 0.000000479. The van der Waals surface area contributed by atoms with Crippen LogP contribution in [0.4, 0.5) is 28.9 Å². The van der Waals surface area contributed by atoms with Crippen molar-refractivity contribution in [3.63, 3.8) is 0 Å². The quantitative estimate of drug-likeness (QED) is 0.555. The molecule has 2 aromatic rings. The minimum absolute atomic E-state index is 0.170. The van der Waals surface area contributed by atoms with Crippen molar-refractivity contribution in [2.75, 3.05) is 23.3 Å². The van der Waals surface area contributed by atoms with Crippen LogP contribution in [0, 0.1) is 5.82 Å². The van der Waals surface area contributed by atoms with Crippen molar-refractivity contribution in [1.29, 1.82) is 0 Å². The van der Waals surface area contributed by atoms with Gasteiger partial charge in [0.2, 0.25) is 0 Å². The van der Waals surface area contributed by atoms with Gasteiger partial charge in [-0.3, -0.25) is 4.79 Å². The summed E-state index contributed by atoms with van der Waals surface area (Å²) in [5.41, 5.74) is 1.55. The lowest BCUT2D eigenvalue weighted by molar-refractivity contribution is -0.192. The Morgan fingerprint density at radius 2 is 1.42 bits per heavy atom. The predicted molar refractivity (Wildman–Crippen MR) is 112 cm³/mol. The molecule has 0 bridgehead atoms. The van der Waals surface area contributed by atoms with Gasteiger partial charge in [-0.15, -0.1) is 0 Å². The van der Waals surface area contributed by atoms with E-state index < -0.39 is 29.8 Å². The van der Waals surface area contributed by atoms with Crippen molar-refractivity contribution in [2.45, 2.75) is 31.9 Å². The number of hydrogen-bond acceptors (Lipinski definition) is 4. The Morgan fingerprint density at radius 3 is 1.91 bits per heavy atom. The van der Waals surface area contributed by atoms with Crippen molar-refractivity contribution < 1.29 is 42.2 Å². The number of aromatic carboxylic acids is 1. The second kappa shape index (κ2) is 11.3. The average Bonchev–Trinajstić information content (AvgIpc) is 3.03. The Kier molecular flexibility index (Phi) is 8.78. The Bertz CT molecular complexity index is 985. The SMILES string of the molecule is O=C(Nc1ccc(N2CCCCCC2)c(C(=O)O)c1)c1ccc(F)cc1.O=C(O)C(F)(F)F. The van der Waals surface area contributed by atoms with Gasteiger partial charge in [-0.05, 0) is 55.3 Å². The number of rotatable bonds is 4. The summed E-state index contributed by atoms with van der Waals surface area (Å²) in [7, 11) is 0. The number of carboxylic acids is 2. The first-order valence-electron chi connectivity index (χ1n) is 9.98. The minimum atomic E-state index is -5.08. The molecule has 3 N–H and O–H groups in total. The molecule has 1 heterocycles. The maximum absolute atomic E-state index is 13.0. The number of alkyl halides is 3. The summed E-state index contributed by atoms with van der Waals surface area (Å²) in [5, 5.41) is 19.4. The molecule has 0 aromatic heterocycles. The van der Waals surface area contributed by atoms with Crippen molar-refractivity contribution in [2.24, 2.45) is 0 Å². The average molecular weight is 470 g/mol. The van der Waals surface area contributed by atoms with Gasteiger partial charge in [0.1, 0.15) is 5.82 Å². The number of halogens is 4. The van der Waals surface area contributed by atoms with Gasteiger partial charge in [-0.25, -0.2) is 14.0 Å². The van der Waals surface area contributed by atoms with Crippen molar-refractivity contribution in [3.8, 4) is 0 Å². The van der Waals surface area contributed by atoms with Crippen LogP contribution in [0.5, 0.6) is 0 Å². The number of carboxylic acid groups (broad SMARTS) is 2. The first-order valence-corrected chi connectivity index (χ1v) is 9.98. The molecule has 3 rings (SSSR count).